The second kappa shape index (κ2) is 5.52. The molecular formula is C16H21F3N2. The average molecular weight is 298 g/mol. The van der Waals surface area contributed by atoms with Crippen LogP contribution < -0.4 is 4.90 Å². The fourth-order valence-electron chi connectivity index (χ4n) is 3.62. The Kier molecular flexibility index (Phi) is 3.86. The SMILES string of the molecule is CC1CCCN1C1CCN(c2cccc(C(F)(F)F)c2)C1. The van der Waals surface area contributed by atoms with E-state index in [1.165, 1.54) is 25.0 Å². The summed E-state index contributed by atoms with van der Waals surface area (Å²) >= 11 is 0. The summed E-state index contributed by atoms with van der Waals surface area (Å²) in [7, 11) is 0. The third kappa shape index (κ3) is 3.03. The van der Waals surface area contributed by atoms with Crippen LogP contribution in [0.25, 0.3) is 0 Å². The van der Waals surface area contributed by atoms with Crippen molar-refractivity contribution in [2.75, 3.05) is 24.5 Å². The Morgan fingerprint density at radius 1 is 1.14 bits per heavy atom. The summed E-state index contributed by atoms with van der Waals surface area (Å²) in [6.07, 6.45) is -0.750. The minimum Gasteiger partial charge on any atom is -0.370 e. The topological polar surface area (TPSA) is 6.48 Å². The Morgan fingerprint density at radius 2 is 1.95 bits per heavy atom. The minimum absolute atomic E-state index is 0.483. The van der Waals surface area contributed by atoms with Crippen molar-refractivity contribution in [2.45, 2.75) is 44.4 Å². The van der Waals surface area contributed by atoms with E-state index in [9.17, 15) is 13.2 Å². The van der Waals surface area contributed by atoms with Crippen molar-refractivity contribution in [3.05, 3.63) is 29.8 Å². The van der Waals surface area contributed by atoms with Gasteiger partial charge in [0.15, 0.2) is 0 Å². The Morgan fingerprint density at radius 3 is 2.62 bits per heavy atom. The monoisotopic (exact) mass is 298 g/mol. The molecule has 2 nitrogen and oxygen atoms in total. The first-order valence-corrected chi connectivity index (χ1v) is 7.63. The lowest BCUT2D eigenvalue weighted by molar-refractivity contribution is -0.137. The van der Waals surface area contributed by atoms with Gasteiger partial charge in [-0.05, 0) is 50.9 Å². The van der Waals surface area contributed by atoms with Crippen LogP contribution in [0, 0.1) is 0 Å². The molecule has 2 saturated heterocycles. The molecule has 0 bridgehead atoms. The number of likely N-dealkylation sites (tertiary alicyclic amines) is 1. The number of halogens is 3. The first-order valence-electron chi connectivity index (χ1n) is 7.63. The highest BCUT2D eigenvalue weighted by atomic mass is 19.4. The standard InChI is InChI=1S/C16H21F3N2/c1-12-4-3-8-21(12)15-7-9-20(11-15)14-6-2-5-13(10-14)16(17,18)19/h2,5-6,10,12,15H,3-4,7-9,11H2,1H3. The molecule has 0 saturated carbocycles. The van der Waals surface area contributed by atoms with Crippen LogP contribution in [0.3, 0.4) is 0 Å². The predicted molar refractivity (Wildman–Crippen MR) is 77.5 cm³/mol. The maximum atomic E-state index is 12.8. The maximum Gasteiger partial charge on any atom is 0.416 e. The minimum atomic E-state index is -4.27. The van der Waals surface area contributed by atoms with Gasteiger partial charge < -0.3 is 4.90 Å². The van der Waals surface area contributed by atoms with Gasteiger partial charge in [0, 0.05) is 30.9 Å². The van der Waals surface area contributed by atoms with E-state index >= 15 is 0 Å². The average Bonchev–Trinajstić information content (AvgIpc) is 3.06. The van der Waals surface area contributed by atoms with Gasteiger partial charge in [-0.2, -0.15) is 13.2 Å². The number of hydrogen-bond donors (Lipinski definition) is 0. The highest BCUT2D eigenvalue weighted by Crippen LogP contribution is 2.33. The summed E-state index contributed by atoms with van der Waals surface area (Å²) in [5, 5.41) is 0. The van der Waals surface area contributed by atoms with Gasteiger partial charge in [0.05, 0.1) is 5.56 Å². The van der Waals surface area contributed by atoms with Crippen molar-refractivity contribution in [3.63, 3.8) is 0 Å². The van der Waals surface area contributed by atoms with E-state index in [-0.39, 0.29) is 0 Å². The number of benzene rings is 1. The van der Waals surface area contributed by atoms with Crippen molar-refractivity contribution < 1.29 is 13.2 Å². The molecule has 5 heteroatoms. The van der Waals surface area contributed by atoms with E-state index < -0.39 is 11.7 Å². The summed E-state index contributed by atoms with van der Waals surface area (Å²) in [5.41, 5.74) is 0.136. The van der Waals surface area contributed by atoms with Gasteiger partial charge in [-0.25, -0.2) is 0 Å². The molecule has 0 N–H and O–H groups in total. The Bertz CT molecular complexity index is 501. The van der Waals surface area contributed by atoms with Gasteiger partial charge in [-0.3, -0.25) is 4.90 Å². The second-order valence-corrected chi connectivity index (χ2v) is 6.17. The highest BCUT2D eigenvalue weighted by Gasteiger charge is 2.34. The van der Waals surface area contributed by atoms with Crippen molar-refractivity contribution >= 4 is 5.69 Å². The zero-order valence-corrected chi connectivity index (χ0v) is 12.2. The van der Waals surface area contributed by atoms with Gasteiger partial charge in [-0.1, -0.05) is 6.07 Å². The smallest absolute Gasteiger partial charge is 0.370 e. The molecule has 116 valence electrons. The molecule has 2 fully saturated rings. The molecule has 2 atom stereocenters. The fourth-order valence-corrected chi connectivity index (χ4v) is 3.62. The lowest BCUT2D eigenvalue weighted by Gasteiger charge is -2.28. The summed E-state index contributed by atoms with van der Waals surface area (Å²) in [5.74, 6) is 0. The Labute approximate surface area is 123 Å². The third-order valence-corrected chi connectivity index (χ3v) is 4.78. The van der Waals surface area contributed by atoms with E-state index in [0.29, 0.717) is 17.8 Å². The molecule has 21 heavy (non-hydrogen) atoms. The number of hydrogen-bond acceptors (Lipinski definition) is 2. The molecule has 1 aromatic carbocycles. The molecule has 0 radical (unpaired) electrons. The van der Waals surface area contributed by atoms with Crippen molar-refractivity contribution in [1.82, 2.24) is 4.90 Å². The van der Waals surface area contributed by atoms with E-state index in [1.54, 1.807) is 6.07 Å². The van der Waals surface area contributed by atoms with Gasteiger partial charge in [0.1, 0.15) is 0 Å². The van der Waals surface area contributed by atoms with E-state index in [1.807, 2.05) is 0 Å². The third-order valence-electron chi connectivity index (χ3n) is 4.78. The molecular weight excluding hydrogens is 277 g/mol. The van der Waals surface area contributed by atoms with Crippen molar-refractivity contribution in [1.29, 1.82) is 0 Å². The number of alkyl halides is 3. The molecule has 2 unspecified atom stereocenters. The summed E-state index contributed by atoms with van der Waals surface area (Å²) < 4.78 is 38.4. The van der Waals surface area contributed by atoms with Gasteiger partial charge in [-0.15, -0.1) is 0 Å². The van der Waals surface area contributed by atoms with Crippen LogP contribution in [-0.4, -0.2) is 36.6 Å². The molecule has 0 amide bonds. The molecule has 0 aromatic heterocycles. The normalized spacial score (nSPS) is 27.5. The van der Waals surface area contributed by atoms with Gasteiger partial charge >= 0.3 is 6.18 Å². The zero-order valence-electron chi connectivity index (χ0n) is 12.2. The molecule has 2 heterocycles. The number of rotatable bonds is 2. The van der Waals surface area contributed by atoms with E-state index in [0.717, 1.165) is 32.1 Å². The van der Waals surface area contributed by atoms with Crippen LogP contribution >= 0.6 is 0 Å². The van der Waals surface area contributed by atoms with Crippen LogP contribution in [-0.2, 0) is 6.18 Å². The molecule has 3 rings (SSSR count). The first kappa shape index (κ1) is 14.7. The van der Waals surface area contributed by atoms with Crippen molar-refractivity contribution in [3.8, 4) is 0 Å². The molecule has 2 aliphatic rings. The lowest BCUT2D eigenvalue weighted by atomic mass is 10.2. The molecule has 0 aliphatic carbocycles. The van der Waals surface area contributed by atoms with Gasteiger partial charge in [0.25, 0.3) is 0 Å². The van der Waals surface area contributed by atoms with Crippen LogP contribution in [0.15, 0.2) is 24.3 Å². The first-order chi connectivity index (χ1) is 9.95. The largest absolute Gasteiger partial charge is 0.416 e. The quantitative estimate of drug-likeness (QED) is 0.820. The van der Waals surface area contributed by atoms with E-state index in [4.69, 9.17) is 0 Å². The van der Waals surface area contributed by atoms with Crippen molar-refractivity contribution in [2.24, 2.45) is 0 Å². The summed E-state index contributed by atoms with van der Waals surface area (Å²) in [6.45, 7) is 5.06. The summed E-state index contributed by atoms with van der Waals surface area (Å²) in [6, 6.07) is 6.79. The molecule has 1 aromatic rings. The van der Waals surface area contributed by atoms with E-state index in [2.05, 4.69) is 16.7 Å². The fraction of sp³-hybridized carbons (Fsp3) is 0.625. The Hall–Kier alpha value is -1.23. The van der Waals surface area contributed by atoms with Crippen LogP contribution in [0.5, 0.6) is 0 Å². The number of nitrogens with zero attached hydrogens (tertiary/aromatic N) is 2. The van der Waals surface area contributed by atoms with Gasteiger partial charge in [0.2, 0.25) is 0 Å². The lowest BCUT2D eigenvalue weighted by Crippen LogP contribution is -2.39. The Balaban J connectivity index is 1.71. The summed E-state index contributed by atoms with van der Waals surface area (Å²) in [4.78, 5) is 4.61. The second-order valence-electron chi connectivity index (χ2n) is 6.17. The van der Waals surface area contributed by atoms with Crippen LogP contribution in [0.2, 0.25) is 0 Å². The van der Waals surface area contributed by atoms with Crippen LogP contribution in [0.1, 0.15) is 31.7 Å². The highest BCUT2D eigenvalue weighted by molar-refractivity contribution is 5.50. The molecule has 0 spiro atoms. The molecule has 2 aliphatic heterocycles. The zero-order chi connectivity index (χ0) is 15.0. The van der Waals surface area contributed by atoms with Crippen LogP contribution in [0.4, 0.5) is 18.9 Å². The number of anilines is 1. The maximum absolute atomic E-state index is 12.8. The predicted octanol–water partition coefficient (Wildman–Crippen LogP) is 3.77.